The minimum absolute atomic E-state index is 0.0276. The van der Waals surface area contributed by atoms with Gasteiger partial charge in [0.2, 0.25) is 5.91 Å². The number of nitrogens with one attached hydrogen (secondary N) is 1. The molecule has 7 heteroatoms. The number of fused-ring (bicyclic) bond motifs is 1. The molecule has 0 aliphatic carbocycles. The number of piperidine rings is 1. The first-order valence-electron chi connectivity index (χ1n) is 10.1. The molecular weight excluding hydrogens is 388 g/mol. The van der Waals surface area contributed by atoms with Gasteiger partial charge in [0.15, 0.2) is 0 Å². The number of carbonyl (C=O) groups excluding carboxylic acids is 2. The number of carbonyl (C=O) groups is 2. The molecule has 1 aromatic heterocycles. The standard InChI is InChI=1S/C22H26N2O4S/c1-3-27-19-12-16-11-14(2)28-18(16)13-17(19)23-21(25)15-6-8-24(9-7-15)22(26)20-5-4-10-29-20/h4-5,10,12-15H,3,6-9,11H2,1-2H3,(H,23,25)/t14-/m0/s1. The molecule has 1 saturated heterocycles. The Labute approximate surface area is 174 Å². The van der Waals surface area contributed by atoms with Crippen molar-refractivity contribution in [1.82, 2.24) is 4.90 Å². The average Bonchev–Trinajstić information content (AvgIpc) is 3.37. The zero-order valence-electron chi connectivity index (χ0n) is 16.8. The van der Waals surface area contributed by atoms with Crippen molar-refractivity contribution in [2.45, 2.75) is 39.2 Å². The summed E-state index contributed by atoms with van der Waals surface area (Å²) in [5.41, 5.74) is 1.76. The third-order valence-corrected chi connectivity index (χ3v) is 6.30. The highest BCUT2D eigenvalue weighted by Crippen LogP contribution is 2.38. The number of thiophene rings is 1. The lowest BCUT2D eigenvalue weighted by molar-refractivity contribution is -0.121. The van der Waals surface area contributed by atoms with Crippen molar-refractivity contribution in [1.29, 1.82) is 0 Å². The van der Waals surface area contributed by atoms with Crippen LogP contribution in [0.4, 0.5) is 5.69 Å². The summed E-state index contributed by atoms with van der Waals surface area (Å²) in [6, 6.07) is 7.57. The molecule has 2 aliphatic rings. The molecule has 0 saturated carbocycles. The maximum atomic E-state index is 12.9. The Morgan fingerprint density at radius 3 is 2.79 bits per heavy atom. The molecule has 1 atom stereocenters. The minimum Gasteiger partial charge on any atom is -0.492 e. The van der Waals surface area contributed by atoms with Crippen LogP contribution in [0.2, 0.25) is 0 Å². The molecule has 6 nitrogen and oxygen atoms in total. The maximum Gasteiger partial charge on any atom is 0.263 e. The van der Waals surface area contributed by atoms with Crippen LogP contribution >= 0.6 is 11.3 Å². The number of hydrogen-bond acceptors (Lipinski definition) is 5. The van der Waals surface area contributed by atoms with Gasteiger partial charge < -0.3 is 19.7 Å². The summed E-state index contributed by atoms with van der Waals surface area (Å²) in [7, 11) is 0. The molecule has 2 aromatic rings. The first kappa shape index (κ1) is 19.8. The molecule has 2 amide bonds. The van der Waals surface area contributed by atoms with Crippen molar-refractivity contribution in [3.63, 3.8) is 0 Å². The van der Waals surface area contributed by atoms with Crippen LogP contribution in [0.25, 0.3) is 0 Å². The fraction of sp³-hybridized carbons (Fsp3) is 0.455. The van der Waals surface area contributed by atoms with Gasteiger partial charge in [-0.25, -0.2) is 0 Å². The molecule has 154 valence electrons. The van der Waals surface area contributed by atoms with Gasteiger partial charge in [-0.15, -0.1) is 11.3 Å². The van der Waals surface area contributed by atoms with Crippen molar-refractivity contribution in [3.8, 4) is 11.5 Å². The number of hydrogen-bond donors (Lipinski definition) is 1. The molecule has 1 fully saturated rings. The monoisotopic (exact) mass is 414 g/mol. The van der Waals surface area contributed by atoms with E-state index in [1.54, 1.807) is 0 Å². The van der Waals surface area contributed by atoms with Crippen molar-refractivity contribution in [3.05, 3.63) is 40.1 Å². The second-order valence-electron chi connectivity index (χ2n) is 7.55. The molecular formula is C22H26N2O4S. The second kappa shape index (κ2) is 8.45. The molecule has 0 spiro atoms. The summed E-state index contributed by atoms with van der Waals surface area (Å²) in [5, 5.41) is 4.94. The van der Waals surface area contributed by atoms with E-state index in [2.05, 4.69) is 5.32 Å². The Morgan fingerprint density at radius 1 is 1.31 bits per heavy atom. The highest BCUT2D eigenvalue weighted by atomic mass is 32.1. The molecule has 4 rings (SSSR count). The summed E-state index contributed by atoms with van der Waals surface area (Å²) in [4.78, 5) is 28.0. The fourth-order valence-corrected chi connectivity index (χ4v) is 4.64. The lowest BCUT2D eigenvalue weighted by atomic mass is 9.95. The second-order valence-corrected chi connectivity index (χ2v) is 8.50. The van der Waals surface area contributed by atoms with Crippen LogP contribution in [0.3, 0.4) is 0 Å². The van der Waals surface area contributed by atoms with Crippen LogP contribution in [0.5, 0.6) is 11.5 Å². The highest BCUT2D eigenvalue weighted by molar-refractivity contribution is 7.12. The van der Waals surface area contributed by atoms with Crippen LogP contribution in [0.15, 0.2) is 29.6 Å². The molecule has 0 radical (unpaired) electrons. The normalized spacial score (nSPS) is 18.8. The lowest BCUT2D eigenvalue weighted by Crippen LogP contribution is -2.41. The summed E-state index contributed by atoms with van der Waals surface area (Å²) >= 11 is 1.45. The van der Waals surface area contributed by atoms with E-state index in [1.807, 2.05) is 48.4 Å². The van der Waals surface area contributed by atoms with Crippen LogP contribution in [-0.4, -0.2) is 42.5 Å². The van der Waals surface area contributed by atoms with E-state index in [1.165, 1.54) is 11.3 Å². The number of likely N-dealkylation sites (tertiary alicyclic amines) is 1. The lowest BCUT2D eigenvalue weighted by Gasteiger charge is -2.31. The number of amides is 2. The smallest absolute Gasteiger partial charge is 0.263 e. The number of rotatable bonds is 5. The number of benzene rings is 1. The molecule has 1 aromatic carbocycles. The number of ether oxygens (including phenoxy) is 2. The predicted octanol–water partition coefficient (Wildman–Crippen LogP) is 3.96. The van der Waals surface area contributed by atoms with Gasteiger partial charge in [-0.1, -0.05) is 6.07 Å². The van der Waals surface area contributed by atoms with Gasteiger partial charge in [-0.05, 0) is 44.2 Å². The van der Waals surface area contributed by atoms with Crippen LogP contribution < -0.4 is 14.8 Å². The third kappa shape index (κ3) is 4.24. The molecule has 0 bridgehead atoms. The van der Waals surface area contributed by atoms with E-state index in [0.29, 0.717) is 44.0 Å². The van der Waals surface area contributed by atoms with E-state index in [9.17, 15) is 9.59 Å². The molecule has 2 aliphatic heterocycles. The van der Waals surface area contributed by atoms with Crippen LogP contribution in [0, 0.1) is 5.92 Å². The third-order valence-electron chi connectivity index (χ3n) is 5.44. The SMILES string of the molecule is CCOc1cc2c(cc1NC(=O)C1CCN(C(=O)c3cccs3)CC1)O[C@@H](C)C2. The van der Waals surface area contributed by atoms with Gasteiger partial charge >= 0.3 is 0 Å². The minimum atomic E-state index is -0.120. The van der Waals surface area contributed by atoms with E-state index >= 15 is 0 Å². The van der Waals surface area contributed by atoms with Crippen molar-refractivity contribution in [2.75, 3.05) is 25.0 Å². The average molecular weight is 415 g/mol. The molecule has 29 heavy (non-hydrogen) atoms. The number of anilines is 1. The summed E-state index contributed by atoms with van der Waals surface area (Å²) in [5.74, 6) is 1.41. The Bertz CT molecular complexity index is 888. The molecule has 1 N–H and O–H groups in total. The van der Waals surface area contributed by atoms with Crippen molar-refractivity contribution in [2.24, 2.45) is 5.92 Å². The van der Waals surface area contributed by atoms with E-state index in [0.717, 1.165) is 22.6 Å². The van der Waals surface area contributed by atoms with Crippen molar-refractivity contribution < 1.29 is 19.1 Å². The van der Waals surface area contributed by atoms with Gasteiger partial charge in [-0.3, -0.25) is 9.59 Å². The van der Waals surface area contributed by atoms with Gasteiger partial charge in [0.1, 0.15) is 17.6 Å². The highest BCUT2D eigenvalue weighted by Gasteiger charge is 2.29. The zero-order chi connectivity index (χ0) is 20.4. The molecule has 0 unspecified atom stereocenters. The quantitative estimate of drug-likeness (QED) is 0.804. The summed E-state index contributed by atoms with van der Waals surface area (Å²) in [6.07, 6.45) is 2.30. The van der Waals surface area contributed by atoms with E-state index in [-0.39, 0.29) is 23.8 Å². The molecule has 3 heterocycles. The first-order valence-corrected chi connectivity index (χ1v) is 11.0. The Hall–Kier alpha value is -2.54. The largest absolute Gasteiger partial charge is 0.492 e. The van der Waals surface area contributed by atoms with Gasteiger partial charge in [0.25, 0.3) is 5.91 Å². The topological polar surface area (TPSA) is 67.9 Å². The first-order chi connectivity index (χ1) is 14.0. The summed E-state index contributed by atoms with van der Waals surface area (Å²) in [6.45, 7) is 5.68. The maximum absolute atomic E-state index is 12.9. The van der Waals surface area contributed by atoms with Gasteiger partial charge in [-0.2, -0.15) is 0 Å². The van der Waals surface area contributed by atoms with Crippen LogP contribution in [-0.2, 0) is 11.2 Å². The Balaban J connectivity index is 1.40. The van der Waals surface area contributed by atoms with E-state index in [4.69, 9.17) is 9.47 Å². The van der Waals surface area contributed by atoms with Crippen molar-refractivity contribution >= 4 is 28.8 Å². The van der Waals surface area contributed by atoms with E-state index < -0.39 is 0 Å². The zero-order valence-corrected chi connectivity index (χ0v) is 17.6. The Morgan fingerprint density at radius 2 is 2.10 bits per heavy atom. The summed E-state index contributed by atoms with van der Waals surface area (Å²) < 4.78 is 11.6. The Kier molecular flexibility index (Phi) is 5.76. The number of nitrogens with zero attached hydrogens (tertiary/aromatic N) is 1. The van der Waals surface area contributed by atoms with Gasteiger partial charge in [0, 0.05) is 37.1 Å². The van der Waals surface area contributed by atoms with Crippen LogP contribution in [0.1, 0.15) is 41.9 Å². The predicted molar refractivity (Wildman–Crippen MR) is 113 cm³/mol. The fourth-order valence-electron chi connectivity index (χ4n) is 3.95. The van der Waals surface area contributed by atoms with Gasteiger partial charge in [0.05, 0.1) is 17.2 Å².